The van der Waals surface area contributed by atoms with Gasteiger partial charge in [-0.1, -0.05) is 51.9 Å². The number of esters is 1. The van der Waals surface area contributed by atoms with Gasteiger partial charge in [0.2, 0.25) is 0 Å². The Kier molecular flexibility index (Phi) is 11.4. The quantitative estimate of drug-likeness (QED) is 0.433. The predicted octanol–water partition coefficient (Wildman–Crippen LogP) is 4.21. The van der Waals surface area contributed by atoms with E-state index in [-0.39, 0.29) is 6.61 Å². The molecule has 0 radical (unpaired) electrons. The van der Waals surface area contributed by atoms with Gasteiger partial charge in [0.15, 0.2) is 0 Å². The normalized spacial score (nSPS) is 13.2. The van der Waals surface area contributed by atoms with Crippen LogP contribution in [0.2, 0.25) is 0 Å². The van der Waals surface area contributed by atoms with Crippen molar-refractivity contribution in [3.63, 3.8) is 0 Å². The van der Waals surface area contributed by atoms with Crippen molar-refractivity contribution in [2.24, 2.45) is 0 Å². The maximum absolute atomic E-state index is 12.2. The highest BCUT2D eigenvalue weighted by molar-refractivity contribution is 5.75. The topological polar surface area (TPSA) is 38.3 Å². The lowest BCUT2D eigenvalue weighted by Crippen LogP contribution is -2.42. The zero-order valence-electron chi connectivity index (χ0n) is 13.1. The Bertz CT molecular complexity index is 270. The third kappa shape index (κ3) is 12.7. The van der Waals surface area contributed by atoms with Crippen LogP contribution in [-0.2, 0) is 9.53 Å². The van der Waals surface area contributed by atoms with Gasteiger partial charge in [-0.25, -0.2) is 0 Å². The molecule has 0 amide bonds. The van der Waals surface area contributed by atoms with Gasteiger partial charge >= 0.3 is 12.1 Å². The third-order valence-corrected chi connectivity index (χ3v) is 3.22. The molecule has 21 heavy (non-hydrogen) atoms. The van der Waals surface area contributed by atoms with Crippen molar-refractivity contribution in [2.45, 2.75) is 77.4 Å². The average molecular weight is 311 g/mol. The summed E-state index contributed by atoms with van der Waals surface area (Å²) in [6.45, 7) is 2.82. The van der Waals surface area contributed by atoms with Crippen LogP contribution in [0.15, 0.2) is 0 Å². The fraction of sp³-hybridized carbons (Fsp3) is 0.933. The van der Waals surface area contributed by atoms with Gasteiger partial charge in [-0.2, -0.15) is 13.2 Å². The Morgan fingerprint density at radius 3 is 2.14 bits per heavy atom. The van der Waals surface area contributed by atoms with E-state index < -0.39 is 24.7 Å². The first kappa shape index (κ1) is 20.2. The molecule has 0 aromatic heterocycles. The minimum absolute atomic E-state index is 0.181. The third-order valence-electron chi connectivity index (χ3n) is 3.22. The second-order valence-electron chi connectivity index (χ2n) is 5.21. The molecule has 1 unspecified atom stereocenters. The summed E-state index contributed by atoms with van der Waals surface area (Å²) in [5.74, 6) is -0.590. The summed E-state index contributed by atoms with van der Waals surface area (Å²) in [7, 11) is 0. The van der Waals surface area contributed by atoms with Crippen LogP contribution >= 0.6 is 0 Å². The highest BCUT2D eigenvalue weighted by atomic mass is 19.4. The summed E-state index contributed by atoms with van der Waals surface area (Å²) in [5, 5.41) is 2.26. The summed E-state index contributed by atoms with van der Waals surface area (Å²) in [6, 6.07) is -0.859. The molecule has 0 aliphatic rings. The van der Waals surface area contributed by atoms with Crippen molar-refractivity contribution in [1.29, 1.82) is 0 Å². The van der Waals surface area contributed by atoms with E-state index in [0.29, 0.717) is 6.42 Å². The number of rotatable bonds is 12. The molecule has 6 heteroatoms. The highest BCUT2D eigenvalue weighted by Gasteiger charge is 2.30. The number of carbonyl (C=O) groups is 1. The second-order valence-corrected chi connectivity index (χ2v) is 5.21. The van der Waals surface area contributed by atoms with Gasteiger partial charge in [0.1, 0.15) is 6.04 Å². The number of carbonyl (C=O) groups excluding carboxylic acids is 1. The van der Waals surface area contributed by atoms with E-state index in [4.69, 9.17) is 4.74 Å². The first-order valence-corrected chi connectivity index (χ1v) is 7.87. The molecule has 0 fully saturated rings. The number of nitrogens with one attached hydrogen (secondary N) is 1. The van der Waals surface area contributed by atoms with Crippen LogP contribution < -0.4 is 5.32 Å². The summed E-state index contributed by atoms with van der Waals surface area (Å²) >= 11 is 0. The molecule has 0 aliphatic carbocycles. The molecule has 126 valence electrons. The number of alkyl halides is 3. The first-order chi connectivity index (χ1) is 9.90. The lowest BCUT2D eigenvalue weighted by atomic mass is 10.0. The van der Waals surface area contributed by atoms with Crippen LogP contribution in [-0.4, -0.2) is 31.3 Å². The maximum atomic E-state index is 12.2. The summed E-state index contributed by atoms with van der Waals surface area (Å²) < 4.78 is 41.4. The lowest BCUT2D eigenvalue weighted by Gasteiger charge is -2.18. The van der Waals surface area contributed by atoms with E-state index in [2.05, 4.69) is 12.2 Å². The van der Waals surface area contributed by atoms with Crippen molar-refractivity contribution in [1.82, 2.24) is 5.32 Å². The molecule has 1 atom stereocenters. The molecular weight excluding hydrogens is 283 g/mol. The van der Waals surface area contributed by atoms with E-state index in [1.54, 1.807) is 6.92 Å². The van der Waals surface area contributed by atoms with Gasteiger partial charge in [0.05, 0.1) is 13.2 Å². The minimum atomic E-state index is -4.31. The monoisotopic (exact) mass is 311 g/mol. The molecule has 0 aromatic rings. The summed E-state index contributed by atoms with van der Waals surface area (Å²) in [4.78, 5) is 11.6. The minimum Gasteiger partial charge on any atom is -0.465 e. The average Bonchev–Trinajstić information content (AvgIpc) is 2.40. The highest BCUT2D eigenvalue weighted by Crippen LogP contribution is 2.15. The fourth-order valence-electron chi connectivity index (χ4n) is 2.09. The Morgan fingerprint density at radius 2 is 1.62 bits per heavy atom. The van der Waals surface area contributed by atoms with Gasteiger partial charge in [0.25, 0.3) is 0 Å². The smallest absolute Gasteiger partial charge is 0.401 e. The van der Waals surface area contributed by atoms with Crippen LogP contribution in [0.4, 0.5) is 13.2 Å². The van der Waals surface area contributed by atoms with E-state index in [1.165, 1.54) is 19.3 Å². The maximum Gasteiger partial charge on any atom is 0.401 e. The number of hydrogen-bond donors (Lipinski definition) is 1. The van der Waals surface area contributed by atoms with E-state index >= 15 is 0 Å². The van der Waals surface area contributed by atoms with E-state index in [9.17, 15) is 18.0 Å². The molecule has 0 aromatic carbocycles. The molecule has 0 saturated heterocycles. The molecule has 3 nitrogen and oxygen atoms in total. The number of hydrogen-bond acceptors (Lipinski definition) is 3. The van der Waals surface area contributed by atoms with Crippen molar-refractivity contribution in [3.8, 4) is 0 Å². The number of unbranched alkanes of at least 4 members (excludes halogenated alkanes) is 6. The molecule has 0 aliphatic heterocycles. The molecular formula is C15H28F3NO2. The second kappa shape index (κ2) is 11.8. The first-order valence-electron chi connectivity index (χ1n) is 7.87. The molecule has 1 N–H and O–H groups in total. The molecule has 0 rings (SSSR count). The molecule has 0 saturated carbocycles. The van der Waals surface area contributed by atoms with Crippen LogP contribution in [0.1, 0.15) is 65.2 Å². The summed E-state index contributed by atoms with van der Waals surface area (Å²) in [5.41, 5.74) is 0. The Labute approximate surface area is 125 Å². The zero-order chi connectivity index (χ0) is 16.1. The molecule has 0 spiro atoms. The van der Waals surface area contributed by atoms with Crippen molar-refractivity contribution in [3.05, 3.63) is 0 Å². The van der Waals surface area contributed by atoms with E-state index in [0.717, 1.165) is 25.7 Å². The SMILES string of the molecule is CCCCCCCCCC(NCC(F)(F)F)C(=O)OCC. The fourth-order valence-corrected chi connectivity index (χ4v) is 2.09. The Balaban J connectivity index is 3.96. The number of halogens is 3. The van der Waals surface area contributed by atoms with E-state index in [1.807, 2.05) is 0 Å². The standard InChI is InChI=1S/C15H28F3NO2/c1-3-5-6-7-8-9-10-11-13(14(20)21-4-2)19-12-15(16,17)18/h13,19H,3-12H2,1-2H3. The largest absolute Gasteiger partial charge is 0.465 e. The zero-order valence-corrected chi connectivity index (χ0v) is 13.1. The summed E-state index contributed by atoms with van der Waals surface area (Å²) in [6.07, 6.45) is 3.57. The van der Waals surface area contributed by atoms with Gasteiger partial charge in [0, 0.05) is 0 Å². The lowest BCUT2D eigenvalue weighted by molar-refractivity contribution is -0.149. The van der Waals surface area contributed by atoms with Gasteiger partial charge in [-0.05, 0) is 13.3 Å². The van der Waals surface area contributed by atoms with Crippen LogP contribution in [0.5, 0.6) is 0 Å². The van der Waals surface area contributed by atoms with Gasteiger partial charge < -0.3 is 4.74 Å². The van der Waals surface area contributed by atoms with Crippen molar-refractivity contribution >= 4 is 5.97 Å². The van der Waals surface area contributed by atoms with Crippen LogP contribution in [0.3, 0.4) is 0 Å². The van der Waals surface area contributed by atoms with Crippen molar-refractivity contribution in [2.75, 3.05) is 13.2 Å². The van der Waals surface area contributed by atoms with Crippen molar-refractivity contribution < 1.29 is 22.7 Å². The van der Waals surface area contributed by atoms with Crippen LogP contribution in [0.25, 0.3) is 0 Å². The molecule has 0 bridgehead atoms. The van der Waals surface area contributed by atoms with Gasteiger partial charge in [-0.15, -0.1) is 0 Å². The number of ether oxygens (including phenoxy) is 1. The van der Waals surface area contributed by atoms with Crippen LogP contribution in [0, 0.1) is 0 Å². The predicted molar refractivity (Wildman–Crippen MR) is 77.1 cm³/mol. The van der Waals surface area contributed by atoms with Gasteiger partial charge in [-0.3, -0.25) is 10.1 Å². The molecule has 0 heterocycles. The Hall–Kier alpha value is -0.780. The Morgan fingerprint density at radius 1 is 1.05 bits per heavy atom.